The van der Waals surface area contributed by atoms with Crippen LogP contribution in [-0.2, 0) is 4.74 Å². The van der Waals surface area contributed by atoms with E-state index in [-0.39, 0.29) is 11.3 Å². The van der Waals surface area contributed by atoms with Crippen molar-refractivity contribution in [1.29, 1.82) is 0 Å². The lowest BCUT2D eigenvalue weighted by Gasteiger charge is -2.13. The summed E-state index contributed by atoms with van der Waals surface area (Å²) in [5, 5.41) is 10.7. The Morgan fingerprint density at radius 1 is 1.18 bits per heavy atom. The smallest absolute Gasteiger partial charge is 0.338 e. The SMILES string of the molecule is C[C@H](OC(=O)c1cc(F)cc(F)c1)c1cccc([N+](=O)[O-])c1. The van der Waals surface area contributed by atoms with Crippen molar-refractivity contribution in [3.05, 3.63) is 75.3 Å². The molecule has 0 amide bonds. The zero-order chi connectivity index (χ0) is 16.3. The van der Waals surface area contributed by atoms with Crippen LogP contribution in [0.3, 0.4) is 0 Å². The summed E-state index contributed by atoms with van der Waals surface area (Å²) in [5.41, 5.74) is -0.00796. The molecule has 0 aliphatic heterocycles. The number of hydrogen-bond donors (Lipinski definition) is 0. The van der Waals surface area contributed by atoms with Gasteiger partial charge in [-0.1, -0.05) is 12.1 Å². The molecule has 0 aromatic heterocycles. The number of benzene rings is 2. The molecule has 7 heteroatoms. The van der Waals surface area contributed by atoms with Crippen LogP contribution in [0.5, 0.6) is 0 Å². The summed E-state index contributed by atoms with van der Waals surface area (Å²) in [6, 6.07) is 7.93. The van der Waals surface area contributed by atoms with Crippen LogP contribution in [0.1, 0.15) is 28.9 Å². The first kappa shape index (κ1) is 15.6. The maximum Gasteiger partial charge on any atom is 0.338 e. The fraction of sp³-hybridized carbons (Fsp3) is 0.133. The van der Waals surface area contributed by atoms with Crippen LogP contribution in [-0.4, -0.2) is 10.9 Å². The van der Waals surface area contributed by atoms with Crippen molar-refractivity contribution in [2.24, 2.45) is 0 Å². The van der Waals surface area contributed by atoms with E-state index in [4.69, 9.17) is 4.74 Å². The molecule has 0 saturated heterocycles. The molecule has 0 bridgehead atoms. The van der Waals surface area contributed by atoms with Gasteiger partial charge in [0.2, 0.25) is 0 Å². The quantitative estimate of drug-likeness (QED) is 0.489. The summed E-state index contributed by atoms with van der Waals surface area (Å²) in [6.07, 6.45) is -0.807. The molecule has 0 heterocycles. The van der Waals surface area contributed by atoms with Gasteiger partial charge in [-0.05, 0) is 24.6 Å². The van der Waals surface area contributed by atoms with Crippen LogP contribution in [0.15, 0.2) is 42.5 Å². The van der Waals surface area contributed by atoms with Gasteiger partial charge in [0.25, 0.3) is 5.69 Å². The number of rotatable bonds is 4. The second-order valence-electron chi connectivity index (χ2n) is 4.56. The maximum atomic E-state index is 13.1. The van der Waals surface area contributed by atoms with Gasteiger partial charge >= 0.3 is 5.97 Å². The maximum absolute atomic E-state index is 13.1. The standard InChI is InChI=1S/C15H11F2NO4/c1-9(10-3-2-4-14(7-10)18(20)21)22-15(19)11-5-12(16)8-13(17)6-11/h2-9H,1H3/t9-/m0/s1. The van der Waals surface area contributed by atoms with Crippen molar-refractivity contribution in [2.45, 2.75) is 13.0 Å². The zero-order valence-corrected chi connectivity index (χ0v) is 11.5. The highest BCUT2D eigenvalue weighted by Gasteiger charge is 2.17. The zero-order valence-electron chi connectivity index (χ0n) is 11.5. The first-order valence-corrected chi connectivity index (χ1v) is 6.28. The first-order valence-electron chi connectivity index (χ1n) is 6.28. The van der Waals surface area contributed by atoms with Gasteiger partial charge in [-0.3, -0.25) is 10.1 Å². The van der Waals surface area contributed by atoms with Gasteiger partial charge in [-0.2, -0.15) is 0 Å². The van der Waals surface area contributed by atoms with E-state index in [0.717, 1.165) is 12.1 Å². The summed E-state index contributed by atoms with van der Waals surface area (Å²) >= 11 is 0. The summed E-state index contributed by atoms with van der Waals surface area (Å²) < 4.78 is 31.2. The number of carbonyl (C=O) groups excluding carboxylic acids is 1. The lowest BCUT2D eigenvalue weighted by atomic mass is 10.1. The Morgan fingerprint density at radius 2 is 1.82 bits per heavy atom. The number of halogens is 2. The highest BCUT2D eigenvalue weighted by Crippen LogP contribution is 2.23. The molecule has 0 aliphatic rings. The molecular formula is C15H11F2NO4. The Labute approximate surface area is 124 Å². The van der Waals surface area contributed by atoms with E-state index in [1.54, 1.807) is 6.07 Å². The third-order valence-electron chi connectivity index (χ3n) is 2.93. The lowest BCUT2D eigenvalue weighted by molar-refractivity contribution is -0.385. The third kappa shape index (κ3) is 3.63. The van der Waals surface area contributed by atoms with E-state index in [1.165, 1.54) is 25.1 Å². The fourth-order valence-corrected chi connectivity index (χ4v) is 1.86. The Balaban J connectivity index is 2.17. The van der Waals surface area contributed by atoms with E-state index >= 15 is 0 Å². The van der Waals surface area contributed by atoms with Crippen molar-refractivity contribution >= 4 is 11.7 Å². The highest BCUT2D eigenvalue weighted by atomic mass is 19.1. The number of nitrogens with zero attached hydrogens (tertiary/aromatic N) is 1. The number of nitro benzene ring substituents is 1. The second kappa shape index (κ2) is 6.30. The molecular weight excluding hydrogens is 296 g/mol. The minimum Gasteiger partial charge on any atom is -0.454 e. The summed E-state index contributed by atoms with van der Waals surface area (Å²) in [5.74, 6) is -2.71. The molecule has 0 unspecified atom stereocenters. The van der Waals surface area contributed by atoms with Gasteiger partial charge in [-0.25, -0.2) is 13.6 Å². The normalized spacial score (nSPS) is 11.8. The number of non-ortho nitro benzene ring substituents is 1. The average molecular weight is 307 g/mol. The van der Waals surface area contributed by atoms with E-state index in [1.807, 2.05) is 0 Å². The Morgan fingerprint density at radius 3 is 2.41 bits per heavy atom. The topological polar surface area (TPSA) is 69.4 Å². The van der Waals surface area contributed by atoms with Crippen LogP contribution in [0.4, 0.5) is 14.5 Å². The molecule has 0 spiro atoms. The molecule has 0 radical (unpaired) electrons. The van der Waals surface area contributed by atoms with Gasteiger partial charge in [0.15, 0.2) is 0 Å². The number of hydrogen-bond acceptors (Lipinski definition) is 4. The summed E-state index contributed by atoms with van der Waals surface area (Å²) in [7, 11) is 0. The van der Waals surface area contributed by atoms with Gasteiger partial charge in [0.05, 0.1) is 10.5 Å². The van der Waals surface area contributed by atoms with Crippen LogP contribution in [0.25, 0.3) is 0 Å². The fourth-order valence-electron chi connectivity index (χ4n) is 1.86. The van der Waals surface area contributed by atoms with Crippen molar-refractivity contribution in [3.63, 3.8) is 0 Å². The van der Waals surface area contributed by atoms with E-state index in [9.17, 15) is 23.7 Å². The molecule has 0 saturated carbocycles. The highest BCUT2D eigenvalue weighted by molar-refractivity contribution is 5.89. The van der Waals surface area contributed by atoms with Crippen LogP contribution < -0.4 is 0 Å². The van der Waals surface area contributed by atoms with E-state index < -0.39 is 28.6 Å². The van der Waals surface area contributed by atoms with Crippen LogP contribution in [0.2, 0.25) is 0 Å². The minimum atomic E-state index is -0.919. The molecule has 2 aromatic carbocycles. The molecule has 2 aromatic rings. The van der Waals surface area contributed by atoms with Crippen molar-refractivity contribution in [2.75, 3.05) is 0 Å². The predicted octanol–water partition coefficient (Wildman–Crippen LogP) is 3.79. The molecule has 5 nitrogen and oxygen atoms in total. The van der Waals surface area contributed by atoms with Crippen LogP contribution in [0, 0.1) is 21.7 Å². The molecule has 0 fully saturated rings. The monoisotopic (exact) mass is 307 g/mol. The predicted molar refractivity (Wildman–Crippen MR) is 73.3 cm³/mol. The third-order valence-corrected chi connectivity index (χ3v) is 2.93. The molecule has 2 rings (SSSR count). The number of nitro groups is 1. The van der Waals surface area contributed by atoms with E-state index in [0.29, 0.717) is 11.6 Å². The van der Waals surface area contributed by atoms with Gasteiger partial charge < -0.3 is 4.74 Å². The Hall–Kier alpha value is -2.83. The van der Waals surface area contributed by atoms with Gasteiger partial charge in [0.1, 0.15) is 17.7 Å². The molecule has 0 N–H and O–H groups in total. The van der Waals surface area contributed by atoms with Gasteiger partial charge in [0, 0.05) is 18.2 Å². The summed E-state index contributed by atoms with van der Waals surface area (Å²) in [6.45, 7) is 1.51. The largest absolute Gasteiger partial charge is 0.454 e. The average Bonchev–Trinajstić information content (AvgIpc) is 2.46. The van der Waals surface area contributed by atoms with E-state index in [2.05, 4.69) is 0 Å². The van der Waals surface area contributed by atoms with Crippen LogP contribution >= 0.6 is 0 Å². The van der Waals surface area contributed by atoms with Gasteiger partial charge in [-0.15, -0.1) is 0 Å². The molecule has 22 heavy (non-hydrogen) atoms. The molecule has 1 atom stereocenters. The number of ether oxygens (including phenoxy) is 1. The minimum absolute atomic E-state index is 0.141. The Kier molecular flexibility index (Phi) is 4.45. The number of esters is 1. The van der Waals surface area contributed by atoms with Crippen molar-refractivity contribution < 1.29 is 23.2 Å². The van der Waals surface area contributed by atoms with Crippen molar-refractivity contribution in [3.8, 4) is 0 Å². The Bertz CT molecular complexity index is 713. The second-order valence-corrected chi connectivity index (χ2v) is 4.56. The molecule has 0 aliphatic carbocycles. The number of carbonyl (C=O) groups is 1. The lowest BCUT2D eigenvalue weighted by Crippen LogP contribution is -2.10. The summed E-state index contributed by atoms with van der Waals surface area (Å²) in [4.78, 5) is 22.0. The van der Waals surface area contributed by atoms with Crippen molar-refractivity contribution in [1.82, 2.24) is 0 Å². The first-order chi connectivity index (χ1) is 10.4. The molecule has 114 valence electrons.